The summed E-state index contributed by atoms with van der Waals surface area (Å²) in [5.74, 6) is 0.0790. The molecule has 5 nitrogen and oxygen atoms in total. The highest BCUT2D eigenvalue weighted by molar-refractivity contribution is 5.95. The van der Waals surface area contributed by atoms with E-state index in [1.165, 1.54) is 0 Å². The predicted octanol–water partition coefficient (Wildman–Crippen LogP) is 2.26. The number of carboxylic acids is 1. The Balaban J connectivity index is 2.23. The predicted molar refractivity (Wildman–Crippen MR) is 77.5 cm³/mol. The van der Waals surface area contributed by atoms with Crippen LogP contribution in [0.5, 0.6) is 0 Å². The highest BCUT2D eigenvalue weighted by atomic mass is 16.5. The number of pyridine rings is 1. The summed E-state index contributed by atoms with van der Waals surface area (Å²) >= 11 is 0. The number of carbonyl (C=O) groups is 1. The number of nitrogens with zero attached hydrogens (tertiary/aromatic N) is 2. The van der Waals surface area contributed by atoms with Crippen molar-refractivity contribution in [3.8, 4) is 0 Å². The Hall–Kier alpha value is -1.62. The first-order valence-electron chi connectivity index (χ1n) is 6.99. The number of aromatic carboxylic acids is 1. The first-order chi connectivity index (χ1) is 9.49. The minimum atomic E-state index is -0.920. The van der Waals surface area contributed by atoms with E-state index in [1.54, 1.807) is 0 Å². The fraction of sp³-hybridized carbons (Fsp3) is 0.600. The van der Waals surface area contributed by atoms with Crippen molar-refractivity contribution in [3.05, 3.63) is 22.9 Å². The minimum absolute atomic E-state index is 0.301. The van der Waals surface area contributed by atoms with Crippen molar-refractivity contribution >= 4 is 11.8 Å². The zero-order chi connectivity index (χ0) is 14.7. The van der Waals surface area contributed by atoms with Crippen LogP contribution in [0.15, 0.2) is 6.07 Å². The first-order valence-corrected chi connectivity index (χ1v) is 6.99. The number of anilines is 1. The summed E-state index contributed by atoms with van der Waals surface area (Å²) in [7, 11) is 1.91. The van der Waals surface area contributed by atoms with Gasteiger partial charge in [0.05, 0.1) is 6.61 Å². The van der Waals surface area contributed by atoms with Gasteiger partial charge in [0.1, 0.15) is 11.4 Å². The van der Waals surface area contributed by atoms with Gasteiger partial charge < -0.3 is 14.7 Å². The lowest BCUT2D eigenvalue weighted by atomic mass is 10.0. The molecule has 1 saturated heterocycles. The van der Waals surface area contributed by atoms with Crippen LogP contribution in [0.3, 0.4) is 0 Å². The number of rotatable bonds is 4. The van der Waals surface area contributed by atoms with Crippen molar-refractivity contribution in [2.24, 2.45) is 5.92 Å². The number of aryl methyl sites for hydroxylation is 2. The van der Waals surface area contributed by atoms with Crippen molar-refractivity contribution in [1.82, 2.24) is 4.98 Å². The van der Waals surface area contributed by atoms with Crippen LogP contribution in [-0.4, -0.2) is 42.9 Å². The molecule has 2 rings (SSSR count). The Morgan fingerprint density at radius 1 is 1.55 bits per heavy atom. The molecule has 1 aromatic heterocycles. The van der Waals surface area contributed by atoms with Gasteiger partial charge in [-0.25, -0.2) is 9.78 Å². The third kappa shape index (κ3) is 3.28. The van der Waals surface area contributed by atoms with E-state index in [9.17, 15) is 9.90 Å². The average molecular weight is 278 g/mol. The third-order valence-electron chi connectivity index (χ3n) is 3.69. The minimum Gasteiger partial charge on any atom is -0.478 e. The molecule has 1 fully saturated rings. The van der Waals surface area contributed by atoms with Crippen LogP contribution in [-0.2, 0) is 4.74 Å². The van der Waals surface area contributed by atoms with Gasteiger partial charge in [-0.05, 0) is 44.2 Å². The van der Waals surface area contributed by atoms with Crippen LogP contribution in [0.4, 0.5) is 5.82 Å². The molecule has 5 heteroatoms. The molecule has 110 valence electrons. The fourth-order valence-corrected chi connectivity index (χ4v) is 2.78. The zero-order valence-corrected chi connectivity index (χ0v) is 12.3. The van der Waals surface area contributed by atoms with Gasteiger partial charge in [-0.2, -0.15) is 0 Å². The van der Waals surface area contributed by atoms with Crippen LogP contribution < -0.4 is 4.90 Å². The van der Waals surface area contributed by atoms with Crippen LogP contribution >= 0.6 is 0 Å². The first kappa shape index (κ1) is 14.8. The molecule has 1 aromatic rings. The molecule has 0 aromatic carbocycles. The number of hydrogen-bond acceptors (Lipinski definition) is 4. The summed E-state index contributed by atoms with van der Waals surface area (Å²) in [6.07, 6.45) is 2.20. The van der Waals surface area contributed by atoms with Crippen LogP contribution in [0.25, 0.3) is 0 Å². The summed E-state index contributed by atoms with van der Waals surface area (Å²) < 4.78 is 5.48. The lowest BCUT2D eigenvalue weighted by molar-refractivity contribution is 0.0575. The summed E-state index contributed by atoms with van der Waals surface area (Å²) in [6.45, 7) is 6.06. The van der Waals surface area contributed by atoms with Gasteiger partial charge in [-0.1, -0.05) is 0 Å². The molecule has 1 unspecified atom stereocenters. The van der Waals surface area contributed by atoms with Gasteiger partial charge in [-0.3, -0.25) is 0 Å². The normalized spacial score (nSPS) is 18.9. The Morgan fingerprint density at radius 2 is 2.30 bits per heavy atom. The Labute approximate surface area is 119 Å². The lowest BCUT2D eigenvalue weighted by Crippen LogP contribution is -2.32. The number of carboxylic acid groups (broad SMARTS) is 1. The van der Waals surface area contributed by atoms with Gasteiger partial charge in [0.15, 0.2) is 0 Å². The van der Waals surface area contributed by atoms with Crippen LogP contribution in [0.1, 0.15) is 34.5 Å². The Kier molecular flexibility index (Phi) is 4.60. The van der Waals surface area contributed by atoms with E-state index in [1.807, 2.05) is 31.9 Å². The van der Waals surface area contributed by atoms with Gasteiger partial charge in [0.2, 0.25) is 0 Å². The maximum atomic E-state index is 11.5. The Bertz CT molecular complexity index is 496. The van der Waals surface area contributed by atoms with Crippen molar-refractivity contribution in [3.63, 3.8) is 0 Å². The van der Waals surface area contributed by atoms with E-state index in [4.69, 9.17) is 4.74 Å². The van der Waals surface area contributed by atoms with Crippen molar-refractivity contribution in [2.75, 3.05) is 31.7 Å². The largest absolute Gasteiger partial charge is 0.478 e. The van der Waals surface area contributed by atoms with Crippen molar-refractivity contribution in [2.45, 2.75) is 26.7 Å². The highest BCUT2D eigenvalue weighted by Crippen LogP contribution is 2.24. The van der Waals surface area contributed by atoms with Gasteiger partial charge >= 0.3 is 5.97 Å². The average Bonchev–Trinajstić information content (AvgIpc) is 2.38. The van der Waals surface area contributed by atoms with E-state index >= 15 is 0 Å². The van der Waals surface area contributed by atoms with Gasteiger partial charge in [0.25, 0.3) is 0 Å². The number of ether oxygens (including phenoxy) is 1. The topological polar surface area (TPSA) is 62.7 Å². The van der Waals surface area contributed by atoms with Gasteiger partial charge in [-0.15, -0.1) is 0 Å². The van der Waals surface area contributed by atoms with E-state index in [2.05, 4.69) is 4.98 Å². The van der Waals surface area contributed by atoms with Crippen molar-refractivity contribution in [1.29, 1.82) is 0 Å². The molecule has 20 heavy (non-hydrogen) atoms. The third-order valence-corrected chi connectivity index (χ3v) is 3.69. The second kappa shape index (κ2) is 6.22. The van der Waals surface area contributed by atoms with Crippen molar-refractivity contribution < 1.29 is 14.6 Å². The standard InChI is InChI=1S/C15H22N2O3/c1-10-7-11(2)16-14(13(10)15(18)19)17(3)8-12-5-4-6-20-9-12/h7,12H,4-6,8-9H2,1-3H3,(H,18,19). The van der Waals surface area contributed by atoms with E-state index in [0.717, 1.165) is 43.9 Å². The van der Waals surface area contributed by atoms with Crippen LogP contribution in [0.2, 0.25) is 0 Å². The molecule has 0 saturated carbocycles. The Morgan fingerprint density at radius 3 is 2.90 bits per heavy atom. The molecule has 0 aliphatic carbocycles. The molecular formula is C15H22N2O3. The van der Waals surface area contributed by atoms with E-state index in [-0.39, 0.29) is 0 Å². The number of aromatic nitrogens is 1. The zero-order valence-electron chi connectivity index (χ0n) is 12.3. The van der Waals surface area contributed by atoms with E-state index in [0.29, 0.717) is 17.3 Å². The molecule has 1 atom stereocenters. The quantitative estimate of drug-likeness (QED) is 0.915. The molecule has 1 aliphatic heterocycles. The molecule has 0 spiro atoms. The monoisotopic (exact) mass is 278 g/mol. The van der Waals surface area contributed by atoms with Crippen LogP contribution in [0, 0.1) is 19.8 Å². The second-order valence-corrected chi connectivity index (χ2v) is 5.55. The number of hydrogen-bond donors (Lipinski definition) is 1. The summed E-state index contributed by atoms with van der Waals surface area (Å²) in [4.78, 5) is 17.8. The fourth-order valence-electron chi connectivity index (χ4n) is 2.78. The smallest absolute Gasteiger partial charge is 0.339 e. The van der Waals surface area contributed by atoms with E-state index < -0.39 is 5.97 Å². The molecule has 1 N–H and O–H groups in total. The molecule has 0 amide bonds. The highest BCUT2D eigenvalue weighted by Gasteiger charge is 2.22. The summed E-state index contributed by atoms with van der Waals surface area (Å²) in [5.41, 5.74) is 1.90. The SMILES string of the molecule is Cc1cc(C)c(C(=O)O)c(N(C)CC2CCCOC2)n1. The van der Waals surface area contributed by atoms with Gasteiger partial charge in [0, 0.05) is 25.9 Å². The molecule has 2 heterocycles. The molecule has 0 radical (unpaired) electrons. The maximum absolute atomic E-state index is 11.5. The summed E-state index contributed by atoms with van der Waals surface area (Å²) in [5, 5.41) is 9.40. The maximum Gasteiger partial charge on any atom is 0.339 e. The lowest BCUT2D eigenvalue weighted by Gasteiger charge is -2.29. The summed E-state index contributed by atoms with van der Waals surface area (Å²) in [6, 6.07) is 1.81. The molecule has 0 bridgehead atoms. The second-order valence-electron chi connectivity index (χ2n) is 5.55. The molecule has 1 aliphatic rings. The molecular weight excluding hydrogens is 256 g/mol.